The minimum absolute atomic E-state index is 0.529. The van der Waals surface area contributed by atoms with E-state index in [-0.39, 0.29) is 0 Å². The van der Waals surface area contributed by atoms with E-state index in [0.717, 1.165) is 11.8 Å². The zero-order valence-electron chi connectivity index (χ0n) is 9.47. The fourth-order valence-corrected chi connectivity index (χ4v) is 1.24. The van der Waals surface area contributed by atoms with Gasteiger partial charge in [-0.2, -0.15) is 0 Å². The third kappa shape index (κ3) is 5.11. The fraction of sp³-hybridized carbons (Fsp3) is 0.133. The number of rotatable bonds is 2. The average molecular weight is 212 g/mol. The molecule has 82 valence electrons. The molecule has 0 bridgehead atoms. The zero-order valence-corrected chi connectivity index (χ0v) is 9.47. The second kappa shape index (κ2) is 7.41. The van der Waals surface area contributed by atoms with Crippen LogP contribution in [0.2, 0.25) is 0 Å². The molecule has 0 aromatic heterocycles. The summed E-state index contributed by atoms with van der Waals surface area (Å²) in [5.41, 5.74) is 2.40. The van der Waals surface area contributed by atoms with Gasteiger partial charge in [-0.1, -0.05) is 66.2 Å². The highest BCUT2D eigenvalue weighted by atomic mass is 16.1. The molecule has 0 radical (unpaired) electrons. The van der Waals surface area contributed by atoms with Crippen molar-refractivity contribution in [3.8, 4) is 0 Å². The van der Waals surface area contributed by atoms with E-state index in [2.05, 4.69) is 19.1 Å². The quantitative estimate of drug-likeness (QED) is 0.697. The standard InChI is InChI=1S/C8H8O.C7H8/c9-7-6-8-4-2-1-3-5-8;1-7-5-3-2-4-6-7/h1-5,7H,6H2;2-6H,1H3. The Labute approximate surface area is 96.8 Å². The SMILES string of the molecule is Cc1ccccc1.O=CCc1ccccc1. The maximum atomic E-state index is 9.97. The van der Waals surface area contributed by atoms with Gasteiger partial charge in [-0.05, 0) is 12.5 Å². The first-order valence-electron chi connectivity index (χ1n) is 5.32. The van der Waals surface area contributed by atoms with E-state index in [0.29, 0.717) is 6.42 Å². The van der Waals surface area contributed by atoms with Crippen LogP contribution in [0.3, 0.4) is 0 Å². The molecule has 0 unspecified atom stereocenters. The molecular formula is C15H16O. The van der Waals surface area contributed by atoms with Gasteiger partial charge in [-0.15, -0.1) is 0 Å². The van der Waals surface area contributed by atoms with Crippen LogP contribution in [0.4, 0.5) is 0 Å². The summed E-state index contributed by atoms with van der Waals surface area (Å²) < 4.78 is 0. The number of aryl methyl sites for hydroxylation is 1. The molecule has 2 aromatic rings. The van der Waals surface area contributed by atoms with Crippen LogP contribution >= 0.6 is 0 Å². The molecule has 0 atom stereocenters. The topological polar surface area (TPSA) is 17.1 Å². The Kier molecular flexibility index (Phi) is 5.64. The van der Waals surface area contributed by atoms with Crippen LogP contribution in [0.1, 0.15) is 11.1 Å². The molecule has 2 rings (SSSR count). The summed E-state index contributed by atoms with van der Waals surface area (Å²) in [6, 6.07) is 19.9. The van der Waals surface area contributed by atoms with E-state index in [1.807, 2.05) is 48.5 Å². The molecule has 16 heavy (non-hydrogen) atoms. The minimum atomic E-state index is 0.529. The molecule has 0 amide bonds. The van der Waals surface area contributed by atoms with E-state index in [4.69, 9.17) is 0 Å². The number of hydrogen-bond donors (Lipinski definition) is 0. The van der Waals surface area contributed by atoms with Crippen molar-refractivity contribution in [1.82, 2.24) is 0 Å². The van der Waals surface area contributed by atoms with Crippen molar-refractivity contribution in [1.29, 1.82) is 0 Å². The van der Waals surface area contributed by atoms with Gasteiger partial charge in [-0.25, -0.2) is 0 Å². The van der Waals surface area contributed by atoms with Crippen LogP contribution in [0.15, 0.2) is 60.7 Å². The van der Waals surface area contributed by atoms with Gasteiger partial charge in [-0.3, -0.25) is 0 Å². The van der Waals surface area contributed by atoms with Gasteiger partial charge in [0, 0.05) is 6.42 Å². The molecule has 0 heterocycles. The van der Waals surface area contributed by atoms with Crippen molar-refractivity contribution in [3.63, 3.8) is 0 Å². The molecule has 1 heteroatoms. The molecule has 1 nitrogen and oxygen atoms in total. The lowest BCUT2D eigenvalue weighted by Crippen LogP contribution is -1.82. The molecule has 0 fully saturated rings. The van der Waals surface area contributed by atoms with E-state index in [1.165, 1.54) is 5.56 Å². The lowest BCUT2D eigenvalue weighted by molar-refractivity contribution is -0.107. The highest BCUT2D eigenvalue weighted by molar-refractivity contribution is 5.54. The molecule has 0 aliphatic heterocycles. The first kappa shape index (κ1) is 12.2. The summed E-state index contributed by atoms with van der Waals surface area (Å²) in [5, 5.41) is 0. The Balaban J connectivity index is 0.000000165. The number of hydrogen-bond acceptors (Lipinski definition) is 1. The molecule has 0 N–H and O–H groups in total. The van der Waals surface area contributed by atoms with Gasteiger partial charge in [0.05, 0.1) is 0 Å². The molecule has 0 saturated heterocycles. The van der Waals surface area contributed by atoms with Gasteiger partial charge in [0.2, 0.25) is 0 Å². The summed E-state index contributed by atoms with van der Waals surface area (Å²) >= 11 is 0. The maximum absolute atomic E-state index is 9.97. The van der Waals surface area contributed by atoms with Crippen molar-refractivity contribution in [2.24, 2.45) is 0 Å². The Morgan fingerprint density at radius 2 is 1.38 bits per heavy atom. The van der Waals surface area contributed by atoms with Crippen LogP contribution in [0, 0.1) is 6.92 Å². The smallest absolute Gasteiger partial charge is 0.124 e. The van der Waals surface area contributed by atoms with Gasteiger partial charge < -0.3 is 4.79 Å². The van der Waals surface area contributed by atoms with E-state index < -0.39 is 0 Å². The maximum Gasteiger partial charge on any atom is 0.124 e. The predicted molar refractivity (Wildman–Crippen MR) is 67.4 cm³/mol. The summed E-state index contributed by atoms with van der Waals surface area (Å²) in [7, 11) is 0. The zero-order chi connectivity index (χ0) is 11.6. The summed E-state index contributed by atoms with van der Waals surface area (Å²) in [6.45, 7) is 2.08. The van der Waals surface area contributed by atoms with Crippen LogP contribution < -0.4 is 0 Å². The summed E-state index contributed by atoms with van der Waals surface area (Å²) in [5.74, 6) is 0. The number of benzene rings is 2. The van der Waals surface area contributed by atoms with Crippen LogP contribution in [0.25, 0.3) is 0 Å². The fourth-order valence-electron chi connectivity index (χ4n) is 1.24. The second-order valence-corrected chi connectivity index (χ2v) is 3.51. The predicted octanol–water partition coefficient (Wildman–Crippen LogP) is 3.42. The average Bonchev–Trinajstić information content (AvgIpc) is 2.33. The summed E-state index contributed by atoms with van der Waals surface area (Å²) in [6.07, 6.45) is 1.44. The van der Waals surface area contributed by atoms with Gasteiger partial charge >= 0.3 is 0 Å². The number of carbonyl (C=O) groups is 1. The Hall–Kier alpha value is -1.89. The van der Waals surface area contributed by atoms with Crippen molar-refractivity contribution >= 4 is 6.29 Å². The van der Waals surface area contributed by atoms with Crippen molar-refractivity contribution in [2.75, 3.05) is 0 Å². The lowest BCUT2D eigenvalue weighted by atomic mass is 10.2. The van der Waals surface area contributed by atoms with Crippen LogP contribution in [-0.2, 0) is 11.2 Å². The molecule has 0 saturated carbocycles. The second-order valence-electron chi connectivity index (χ2n) is 3.51. The molecule has 0 aliphatic carbocycles. The molecule has 0 spiro atoms. The summed E-state index contributed by atoms with van der Waals surface area (Å²) in [4.78, 5) is 9.97. The van der Waals surface area contributed by atoms with E-state index in [9.17, 15) is 4.79 Å². The third-order valence-corrected chi connectivity index (χ3v) is 2.10. The Morgan fingerprint density at radius 1 is 0.875 bits per heavy atom. The first-order valence-corrected chi connectivity index (χ1v) is 5.32. The number of carbonyl (C=O) groups excluding carboxylic acids is 1. The highest BCUT2D eigenvalue weighted by Gasteiger charge is 1.84. The highest BCUT2D eigenvalue weighted by Crippen LogP contribution is 1.96. The lowest BCUT2D eigenvalue weighted by Gasteiger charge is -1.89. The first-order chi connectivity index (χ1) is 7.83. The van der Waals surface area contributed by atoms with Crippen molar-refractivity contribution in [2.45, 2.75) is 13.3 Å². The van der Waals surface area contributed by atoms with Gasteiger partial charge in [0.1, 0.15) is 6.29 Å². The molecule has 2 aromatic carbocycles. The Bertz CT molecular complexity index is 392. The van der Waals surface area contributed by atoms with Gasteiger partial charge in [0.15, 0.2) is 0 Å². The third-order valence-electron chi connectivity index (χ3n) is 2.10. The van der Waals surface area contributed by atoms with Crippen molar-refractivity contribution in [3.05, 3.63) is 71.8 Å². The normalized spacial score (nSPS) is 8.81. The van der Waals surface area contributed by atoms with Crippen LogP contribution in [-0.4, -0.2) is 6.29 Å². The monoisotopic (exact) mass is 212 g/mol. The Morgan fingerprint density at radius 3 is 1.75 bits per heavy atom. The van der Waals surface area contributed by atoms with E-state index >= 15 is 0 Å². The van der Waals surface area contributed by atoms with Crippen molar-refractivity contribution < 1.29 is 4.79 Å². The largest absolute Gasteiger partial charge is 0.303 e. The van der Waals surface area contributed by atoms with Crippen LogP contribution in [0.5, 0.6) is 0 Å². The minimum Gasteiger partial charge on any atom is -0.303 e. The molecule has 0 aliphatic rings. The van der Waals surface area contributed by atoms with Gasteiger partial charge in [0.25, 0.3) is 0 Å². The van der Waals surface area contributed by atoms with E-state index in [1.54, 1.807) is 0 Å². The number of aldehydes is 1. The molecular weight excluding hydrogens is 196 g/mol.